The third-order valence-corrected chi connectivity index (χ3v) is 3.16. The first kappa shape index (κ1) is 13.3. The van der Waals surface area contributed by atoms with Crippen molar-refractivity contribution >= 4 is 17.7 Å². The van der Waals surface area contributed by atoms with Crippen LogP contribution in [0.25, 0.3) is 0 Å². The molecule has 1 aliphatic rings. The molecule has 0 fully saturated rings. The normalized spacial score (nSPS) is 25.5. The van der Waals surface area contributed by atoms with Gasteiger partial charge in [0, 0.05) is 5.41 Å². The Kier molecular flexibility index (Phi) is 4.56. The van der Waals surface area contributed by atoms with E-state index in [-0.39, 0.29) is 5.70 Å². The van der Waals surface area contributed by atoms with Crippen molar-refractivity contribution in [2.45, 2.75) is 23.7 Å². The Balaban J connectivity index is 2.52. The summed E-state index contributed by atoms with van der Waals surface area (Å²) >= 11 is 0.986. The molecule has 0 spiro atoms. The van der Waals surface area contributed by atoms with Gasteiger partial charge in [0.2, 0.25) is 0 Å². The molecule has 0 saturated heterocycles. The number of hydrogen-bond donors (Lipinski definition) is 6. The first-order valence-corrected chi connectivity index (χ1v) is 5.42. The molecule has 92 valence electrons. The summed E-state index contributed by atoms with van der Waals surface area (Å²) in [5, 5.41) is 48.3. The lowest BCUT2D eigenvalue weighted by molar-refractivity contribution is -0.133. The molecule has 0 radical (unpaired) electrons. The maximum Gasteiger partial charge on any atom is 0.352 e. The largest absolute Gasteiger partial charge is 0.477 e. The fourth-order valence-corrected chi connectivity index (χ4v) is 2.12. The van der Waals surface area contributed by atoms with Crippen molar-refractivity contribution < 1.29 is 30.3 Å². The number of carboxylic acids is 1. The molecule has 0 amide bonds. The second-order valence-corrected chi connectivity index (χ2v) is 4.28. The summed E-state index contributed by atoms with van der Waals surface area (Å²) in [6.07, 6.45) is -4.40. The van der Waals surface area contributed by atoms with Crippen molar-refractivity contribution in [2.75, 3.05) is 6.61 Å². The van der Waals surface area contributed by atoms with Crippen molar-refractivity contribution in [1.29, 1.82) is 0 Å². The molecule has 1 rings (SSSR count). The number of aliphatic hydroxyl groups excluding tert-OH is 4. The Bertz CT molecular complexity index is 296. The Morgan fingerprint density at radius 3 is 2.56 bits per heavy atom. The van der Waals surface area contributed by atoms with Crippen molar-refractivity contribution in [3.8, 4) is 0 Å². The highest BCUT2D eigenvalue weighted by molar-refractivity contribution is 8.03. The minimum Gasteiger partial charge on any atom is -0.477 e. The van der Waals surface area contributed by atoms with E-state index in [1.807, 2.05) is 0 Å². The van der Waals surface area contributed by atoms with Gasteiger partial charge in [0.1, 0.15) is 29.4 Å². The highest BCUT2D eigenvalue weighted by Gasteiger charge is 2.34. The number of aliphatic hydroxyl groups is 4. The molecular formula is C8H13NO6S. The van der Waals surface area contributed by atoms with Crippen LogP contribution in [0.3, 0.4) is 0 Å². The second kappa shape index (κ2) is 5.51. The lowest BCUT2D eigenvalue weighted by Gasteiger charge is -2.26. The average Bonchev–Trinajstić information content (AvgIpc) is 2.75. The van der Waals surface area contributed by atoms with Gasteiger partial charge in [-0.25, -0.2) is 4.79 Å². The molecule has 0 aliphatic carbocycles. The fourth-order valence-electron chi connectivity index (χ4n) is 1.16. The van der Waals surface area contributed by atoms with Crippen LogP contribution in [0.15, 0.2) is 11.1 Å². The average molecular weight is 251 g/mol. The molecule has 0 aromatic rings. The van der Waals surface area contributed by atoms with Crippen LogP contribution in [-0.4, -0.2) is 61.8 Å². The van der Waals surface area contributed by atoms with Gasteiger partial charge in [0.25, 0.3) is 0 Å². The molecule has 1 heterocycles. The molecule has 0 aromatic heterocycles. The molecule has 8 heteroatoms. The third kappa shape index (κ3) is 2.86. The topological polar surface area (TPSA) is 130 Å². The van der Waals surface area contributed by atoms with Crippen molar-refractivity contribution in [3.63, 3.8) is 0 Å². The number of aliphatic carboxylic acids is 1. The van der Waals surface area contributed by atoms with Gasteiger partial charge >= 0.3 is 5.97 Å². The summed E-state index contributed by atoms with van der Waals surface area (Å²) in [5.41, 5.74) is -0.0836. The Morgan fingerprint density at radius 1 is 1.50 bits per heavy atom. The summed E-state index contributed by atoms with van der Waals surface area (Å²) in [5.74, 6) is -1.17. The number of carbonyl (C=O) groups is 1. The SMILES string of the molecule is O=C(O)C1=CS[C@@H]([C@H](O)[C@H](O)[C@H](O)CO)N1. The zero-order chi connectivity index (χ0) is 12.3. The minimum atomic E-state index is -1.54. The van der Waals surface area contributed by atoms with Crippen LogP contribution >= 0.6 is 11.8 Å². The monoisotopic (exact) mass is 251 g/mol. The van der Waals surface area contributed by atoms with Gasteiger partial charge in [0.05, 0.1) is 6.61 Å². The number of hydrogen-bond acceptors (Lipinski definition) is 7. The summed E-state index contributed by atoms with van der Waals surface area (Å²) in [4.78, 5) is 10.6. The maximum atomic E-state index is 10.6. The molecule has 0 saturated carbocycles. The number of carboxylic acid groups (broad SMARTS) is 1. The van der Waals surface area contributed by atoms with Gasteiger partial charge in [-0.05, 0) is 0 Å². The van der Waals surface area contributed by atoms with Crippen LogP contribution in [0.2, 0.25) is 0 Å². The second-order valence-electron chi connectivity index (χ2n) is 3.27. The van der Waals surface area contributed by atoms with Crippen LogP contribution in [0.1, 0.15) is 0 Å². The fraction of sp³-hybridized carbons (Fsp3) is 0.625. The smallest absolute Gasteiger partial charge is 0.352 e. The highest BCUT2D eigenvalue weighted by atomic mass is 32.2. The van der Waals surface area contributed by atoms with Gasteiger partial charge < -0.3 is 30.8 Å². The Hall–Kier alpha value is -0.800. The van der Waals surface area contributed by atoms with E-state index >= 15 is 0 Å². The van der Waals surface area contributed by atoms with E-state index in [0.29, 0.717) is 0 Å². The zero-order valence-electron chi connectivity index (χ0n) is 8.15. The molecule has 16 heavy (non-hydrogen) atoms. The van der Waals surface area contributed by atoms with Gasteiger partial charge in [-0.3, -0.25) is 0 Å². The first-order chi connectivity index (χ1) is 7.47. The van der Waals surface area contributed by atoms with E-state index in [1.165, 1.54) is 5.41 Å². The number of thioether (sulfide) groups is 1. The van der Waals surface area contributed by atoms with E-state index in [9.17, 15) is 15.0 Å². The van der Waals surface area contributed by atoms with Gasteiger partial charge in [-0.2, -0.15) is 0 Å². The lowest BCUT2D eigenvalue weighted by Crippen LogP contribution is -2.48. The van der Waals surface area contributed by atoms with Crippen molar-refractivity contribution in [1.82, 2.24) is 5.32 Å². The summed E-state index contributed by atoms with van der Waals surface area (Å²) in [7, 11) is 0. The molecule has 7 nitrogen and oxygen atoms in total. The van der Waals surface area contributed by atoms with Crippen LogP contribution in [0, 0.1) is 0 Å². The van der Waals surface area contributed by atoms with Gasteiger partial charge in [-0.15, -0.1) is 11.8 Å². The third-order valence-electron chi connectivity index (χ3n) is 2.10. The van der Waals surface area contributed by atoms with E-state index in [2.05, 4.69) is 5.32 Å². The summed E-state index contributed by atoms with van der Waals surface area (Å²) in [6, 6.07) is 0. The highest BCUT2D eigenvalue weighted by Crippen LogP contribution is 2.25. The first-order valence-electron chi connectivity index (χ1n) is 4.48. The molecule has 6 N–H and O–H groups in total. The van der Waals surface area contributed by atoms with Crippen molar-refractivity contribution in [3.05, 3.63) is 11.1 Å². The van der Waals surface area contributed by atoms with Gasteiger partial charge in [0.15, 0.2) is 0 Å². The molecular weight excluding hydrogens is 238 g/mol. The lowest BCUT2D eigenvalue weighted by atomic mass is 10.1. The zero-order valence-corrected chi connectivity index (χ0v) is 8.96. The number of nitrogens with one attached hydrogen (secondary N) is 1. The summed E-state index contributed by atoms with van der Waals surface area (Å²) < 4.78 is 0. The van der Waals surface area contributed by atoms with Crippen LogP contribution < -0.4 is 5.32 Å². The van der Waals surface area contributed by atoms with Crippen LogP contribution in [0.5, 0.6) is 0 Å². The van der Waals surface area contributed by atoms with E-state index in [1.54, 1.807) is 0 Å². The predicted octanol–water partition coefficient (Wildman–Crippen LogP) is -2.35. The molecule has 4 atom stereocenters. The minimum absolute atomic E-state index is 0.0836. The van der Waals surface area contributed by atoms with E-state index in [4.69, 9.17) is 15.3 Å². The van der Waals surface area contributed by atoms with E-state index < -0.39 is 36.3 Å². The van der Waals surface area contributed by atoms with Crippen LogP contribution in [0.4, 0.5) is 0 Å². The number of rotatable bonds is 5. The Labute approximate surface area is 95.4 Å². The van der Waals surface area contributed by atoms with E-state index in [0.717, 1.165) is 11.8 Å². The quantitative estimate of drug-likeness (QED) is 0.320. The van der Waals surface area contributed by atoms with Crippen LogP contribution in [-0.2, 0) is 4.79 Å². The molecule has 1 aliphatic heterocycles. The van der Waals surface area contributed by atoms with Gasteiger partial charge in [-0.1, -0.05) is 0 Å². The summed E-state index contributed by atoms with van der Waals surface area (Å²) in [6.45, 7) is -0.686. The van der Waals surface area contributed by atoms with Crippen molar-refractivity contribution in [2.24, 2.45) is 0 Å². The Morgan fingerprint density at radius 2 is 2.12 bits per heavy atom. The standard InChI is InChI=1S/C8H13NO6S/c10-1-4(11)5(12)6(13)7-9-3(2-16-7)8(14)15/h2,4-7,9-13H,1H2,(H,14,15)/t4-,5-,6-,7+/m1/s1. The predicted molar refractivity (Wildman–Crippen MR) is 55.3 cm³/mol. The molecule has 0 unspecified atom stereocenters. The molecule has 0 bridgehead atoms. The maximum absolute atomic E-state index is 10.6. The molecule has 0 aromatic carbocycles.